The van der Waals surface area contributed by atoms with Gasteiger partial charge in [0.15, 0.2) is 5.52 Å². The molecule has 0 saturated carbocycles. The highest BCUT2D eigenvalue weighted by atomic mass is 16.5. The van der Waals surface area contributed by atoms with E-state index in [4.69, 9.17) is 15.6 Å². The fraction of sp³-hybridized carbons (Fsp3) is 0.500. The molecule has 1 aliphatic heterocycles. The summed E-state index contributed by atoms with van der Waals surface area (Å²) in [5, 5.41) is 30.1. The summed E-state index contributed by atoms with van der Waals surface area (Å²) >= 11 is 0. The summed E-state index contributed by atoms with van der Waals surface area (Å²) in [7, 11) is 0. The molecule has 3 rings (SSSR count). The van der Waals surface area contributed by atoms with E-state index in [2.05, 4.69) is 9.97 Å². The zero-order chi connectivity index (χ0) is 13.6. The van der Waals surface area contributed by atoms with Gasteiger partial charge in [0.1, 0.15) is 18.7 Å². The van der Waals surface area contributed by atoms with Gasteiger partial charge in [0, 0.05) is 6.42 Å². The minimum absolute atomic E-state index is 0.0407. The normalized spacial score (nSPS) is 27.2. The van der Waals surface area contributed by atoms with Gasteiger partial charge in [-0.05, 0) is 0 Å². The number of aromatic nitrogens is 4. The van der Waals surface area contributed by atoms with Crippen LogP contribution in [0, 0.1) is 5.21 Å². The Morgan fingerprint density at radius 1 is 1.58 bits per heavy atom. The lowest BCUT2D eigenvalue weighted by Gasteiger charge is -2.12. The molecule has 2 aromatic rings. The van der Waals surface area contributed by atoms with Crippen molar-refractivity contribution in [2.75, 3.05) is 12.3 Å². The maximum Gasteiger partial charge on any atom is 0.251 e. The van der Waals surface area contributed by atoms with Crippen LogP contribution >= 0.6 is 0 Å². The fourth-order valence-electron chi connectivity index (χ4n) is 2.20. The molecule has 1 aliphatic rings. The second-order valence-electron chi connectivity index (χ2n) is 4.39. The molecule has 0 bridgehead atoms. The van der Waals surface area contributed by atoms with Crippen LogP contribution in [0.3, 0.4) is 0 Å². The fourth-order valence-corrected chi connectivity index (χ4v) is 2.20. The Labute approximate surface area is 107 Å². The number of rotatable bonds is 2. The summed E-state index contributed by atoms with van der Waals surface area (Å²) in [4.78, 5) is 8.00. The number of nitrogens with two attached hydrogens (primary N) is 1. The first-order valence-corrected chi connectivity index (χ1v) is 5.76. The number of ether oxygens (including phenoxy) is 1. The third kappa shape index (κ3) is 1.79. The SMILES string of the molecule is Nc1c2ncn([C@H]3C[C@H](O)[C@@H](CO)O3)c2nc[n+]1[O-]. The molecule has 1 saturated heterocycles. The molecule has 0 spiro atoms. The van der Waals surface area contributed by atoms with Gasteiger partial charge in [0.2, 0.25) is 12.0 Å². The van der Waals surface area contributed by atoms with Gasteiger partial charge in [0.25, 0.3) is 5.82 Å². The minimum Gasteiger partial charge on any atom is -0.740 e. The Hall–Kier alpha value is -1.97. The summed E-state index contributed by atoms with van der Waals surface area (Å²) in [6.45, 7) is -0.263. The van der Waals surface area contributed by atoms with Gasteiger partial charge in [-0.1, -0.05) is 4.98 Å². The highest BCUT2D eigenvalue weighted by Gasteiger charge is 2.35. The molecule has 0 aliphatic carbocycles. The maximum absolute atomic E-state index is 11.3. The van der Waals surface area contributed by atoms with Crippen molar-refractivity contribution < 1.29 is 19.7 Å². The Kier molecular flexibility index (Phi) is 2.73. The summed E-state index contributed by atoms with van der Waals surface area (Å²) in [6, 6.07) is 0. The summed E-state index contributed by atoms with van der Waals surface area (Å²) in [5.74, 6) is -0.0407. The van der Waals surface area contributed by atoms with Crippen LogP contribution in [0.5, 0.6) is 0 Å². The van der Waals surface area contributed by atoms with Crippen LogP contribution in [0.15, 0.2) is 12.7 Å². The third-order valence-electron chi connectivity index (χ3n) is 3.23. The molecular formula is C10H13N5O4. The smallest absolute Gasteiger partial charge is 0.251 e. The Morgan fingerprint density at radius 3 is 3.05 bits per heavy atom. The van der Waals surface area contributed by atoms with Crippen LogP contribution in [-0.2, 0) is 4.74 Å². The molecule has 0 aromatic carbocycles. The number of anilines is 1. The van der Waals surface area contributed by atoms with Crippen molar-refractivity contribution in [2.24, 2.45) is 0 Å². The van der Waals surface area contributed by atoms with Crippen LogP contribution in [0.25, 0.3) is 11.2 Å². The van der Waals surface area contributed by atoms with E-state index in [1.807, 2.05) is 0 Å². The van der Waals surface area contributed by atoms with E-state index >= 15 is 0 Å². The second kappa shape index (κ2) is 4.30. The third-order valence-corrected chi connectivity index (χ3v) is 3.23. The summed E-state index contributed by atoms with van der Waals surface area (Å²) in [5.41, 5.74) is 6.30. The molecule has 9 heteroatoms. The lowest BCUT2D eigenvalue weighted by molar-refractivity contribution is -0.592. The topological polar surface area (TPSA) is 133 Å². The number of fused-ring (bicyclic) bond motifs is 1. The van der Waals surface area contributed by atoms with Gasteiger partial charge < -0.3 is 25.9 Å². The number of hydrogen-bond acceptors (Lipinski definition) is 7. The van der Waals surface area contributed by atoms with Crippen LogP contribution in [0.4, 0.5) is 5.82 Å². The van der Waals surface area contributed by atoms with E-state index in [0.29, 0.717) is 16.8 Å². The average molecular weight is 267 g/mol. The van der Waals surface area contributed by atoms with E-state index in [9.17, 15) is 10.3 Å². The second-order valence-corrected chi connectivity index (χ2v) is 4.39. The molecular weight excluding hydrogens is 254 g/mol. The molecule has 3 atom stereocenters. The van der Waals surface area contributed by atoms with E-state index in [1.54, 1.807) is 4.57 Å². The van der Waals surface area contributed by atoms with Gasteiger partial charge in [-0.25, -0.2) is 9.71 Å². The van der Waals surface area contributed by atoms with Gasteiger partial charge in [-0.3, -0.25) is 4.57 Å². The summed E-state index contributed by atoms with van der Waals surface area (Å²) in [6.07, 6.45) is 0.929. The molecule has 3 heterocycles. The monoisotopic (exact) mass is 267 g/mol. The molecule has 2 aromatic heterocycles. The van der Waals surface area contributed by atoms with E-state index in [0.717, 1.165) is 6.33 Å². The van der Waals surface area contributed by atoms with E-state index < -0.39 is 18.4 Å². The van der Waals surface area contributed by atoms with Crippen molar-refractivity contribution in [3.8, 4) is 0 Å². The highest BCUT2D eigenvalue weighted by Crippen LogP contribution is 2.30. The zero-order valence-corrected chi connectivity index (χ0v) is 9.88. The number of aliphatic hydroxyl groups excluding tert-OH is 2. The predicted octanol–water partition coefficient (Wildman–Crippen LogP) is -1.71. The lowest BCUT2D eigenvalue weighted by Crippen LogP contribution is -2.31. The lowest BCUT2D eigenvalue weighted by atomic mass is 10.2. The quantitative estimate of drug-likeness (QED) is 0.435. The number of nitrogen functional groups attached to an aromatic ring is 1. The molecule has 9 nitrogen and oxygen atoms in total. The zero-order valence-electron chi connectivity index (χ0n) is 9.88. The Balaban J connectivity index is 2.01. The molecule has 102 valence electrons. The van der Waals surface area contributed by atoms with Gasteiger partial charge in [0.05, 0.1) is 12.7 Å². The van der Waals surface area contributed by atoms with Gasteiger partial charge >= 0.3 is 0 Å². The van der Waals surface area contributed by atoms with Crippen LogP contribution in [0.2, 0.25) is 0 Å². The van der Waals surface area contributed by atoms with Crippen molar-refractivity contribution >= 4 is 17.0 Å². The molecule has 19 heavy (non-hydrogen) atoms. The van der Waals surface area contributed by atoms with Crippen molar-refractivity contribution in [2.45, 2.75) is 24.9 Å². The molecule has 1 fully saturated rings. The number of hydrogen-bond donors (Lipinski definition) is 3. The first-order chi connectivity index (χ1) is 9.11. The first-order valence-electron chi connectivity index (χ1n) is 5.76. The summed E-state index contributed by atoms with van der Waals surface area (Å²) < 4.78 is 7.52. The molecule has 0 unspecified atom stereocenters. The van der Waals surface area contributed by atoms with Gasteiger partial charge in [-0.15, -0.1) is 0 Å². The average Bonchev–Trinajstić information content (AvgIpc) is 2.97. The standard InChI is InChI=1S/C10H13N5O4/c11-9-8-10(13-4-15(9)18)14(3-12-8)7-1-5(17)6(2-16)19-7/h3-7,16-17H,1-2,11H2/t5-,6+,7+/m0/s1. The molecule has 0 radical (unpaired) electrons. The van der Waals surface area contributed by atoms with E-state index in [-0.39, 0.29) is 17.9 Å². The Morgan fingerprint density at radius 2 is 2.37 bits per heavy atom. The van der Waals surface area contributed by atoms with Crippen molar-refractivity contribution in [1.29, 1.82) is 0 Å². The van der Waals surface area contributed by atoms with Crippen molar-refractivity contribution in [3.05, 3.63) is 17.9 Å². The molecule has 0 amide bonds. The van der Waals surface area contributed by atoms with E-state index in [1.165, 1.54) is 6.33 Å². The number of aliphatic hydroxyl groups is 2. The van der Waals surface area contributed by atoms with Crippen molar-refractivity contribution in [3.63, 3.8) is 0 Å². The molecule has 4 N–H and O–H groups in total. The van der Waals surface area contributed by atoms with Gasteiger partial charge in [-0.2, -0.15) is 0 Å². The first kappa shape index (κ1) is 12.1. The van der Waals surface area contributed by atoms with Crippen LogP contribution < -0.4 is 10.5 Å². The Bertz CT molecular complexity index is 615. The van der Waals surface area contributed by atoms with Crippen molar-refractivity contribution in [1.82, 2.24) is 14.5 Å². The maximum atomic E-state index is 11.3. The van der Waals surface area contributed by atoms with Crippen LogP contribution in [0.1, 0.15) is 12.6 Å². The highest BCUT2D eigenvalue weighted by molar-refractivity contribution is 5.79. The van der Waals surface area contributed by atoms with Crippen LogP contribution in [-0.4, -0.2) is 43.6 Å². The number of imidazole rings is 1. The predicted molar refractivity (Wildman–Crippen MR) is 62.5 cm³/mol. The minimum atomic E-state index is -0.752. The largest absolute Gasteiger partial charge is 0.740 e. The number of nitrogens with zero attached hydrogens (tertiary/aromatic N) is 4.